The normalized spacial score (nSPS) is 23.0. The Morgan fingerprint density at radius 1 is 1.12 bits per heavy atom. The second-order valence-corrected chi connectivity index (χ2v) is 8.48. The second-order valence-electron chi connectivity index (χ2n) is 6.72. The van der Waals surface area contributed by atoms with Gasteiger partial charge in [0.05, 0.1) is 0 Å². The zero-order valence-electron chi connectivity index (χ0n) is 14.1. The lowest BCUT2D eigenvalue weighted by Gasteiger charge is -2.26. The number of carbonyl (C=O) groups excluding carboxylic acids is 1. The molecule has 1 unspecified atom stereocenters. The molecule has 0 radical (unpaired) electrons. The van der Waals surface area contributed by atoms with Gasteiger partial charge < -0.3 is 4.90 Å². The van der Waals surface area contributed by atoms with Gasteiger partial charge >= 0.3 is 0 Å². The van der Waals surface area contributed by atoms with Gasteiger partial charge in [-0.05, 0) is 37.8 Å². The Morgan fingerprint density at radius 2 is 1.79 bits per heavy atom. The molecule has 7 heteroatoms. The van der Waals surface area contributed by atoms with Crippen molar-refractivity contribution in [2.75, 3.05) is 31.1 Å². The van der Waals surface area contributed by atoms with Crippen molar-refractivity contribution in [3.8, 4) is 0 Å². The Kier molecular flexibility index (Phi) is 5.22. The monoisotopic (exact) mass is 351 g/mol. The van der Waals surface area contributed by atoms with Crippen LogP contribution in [-0.2, 0) is 15.0 Å². The fraction of sp³-hybridized carbons (Fsp3) is 0.588. The van der Waals surface area contributed by atoms with Gasteiger partial charge in [0.15, 0.2) is 0 Å². The summed E-state index contributed by atoms with van der Waals surface area (Å²) < 4.78 is 28.9. The maximum Gasteiger partial charge on any atom is 0.279 e. The molecular formula is C17H25N3O3S. The highest BCUT2D eigenvalue weighted by atomic mass is 32.2. The van der Waals surface area contributed by atoms with Gasteiger partial charge in [0.2, 0.25) is 5.91 Å². The molecule has 1 atom stereocenters. The number of benzene rings is 1. The SMILES string of the molecule is Cc1ccc(N2CC(CNS(=O)(=O)N3CCCCC3)CC2=O)cc1. The minimum absolute atomic E-state index is 0.0124. The average Bonchev–Trinajstić information content (AvgIpc) is 2.96. The van der Waals surface area contributed by atoms with Crippen LogP contribution in [0, 0.1) is 12.8 Å². The molecule has 2 aliphatic rings. The molecule has 132 valence electrons. The number of piperidine rings is 1. The molecule has 1 aromatic rings. The topological polar surface area (TPSA) is 69.7 Å². The number of hydrogen-bond acceptors (Lipinski definition) is 3. The average molecular weight is 351 g/mol. The summed E-state index contributed by atoms with van der Waals surface area (Å²) in [4.78, 5) is 14.0. The molecule has 0 aliphatic carbocycles. The van der Waals surface area contributed by atoms with E-state index >= 15 is 0 Å². The molecule has 0 saturated carbocycles. The Bertz CT molecular complexity index is 682. The first-order chi connectivity index (χ1) is 11.5. The van der Waals surface area contributed by atoms with E-state index in [1.807, 2.05) is 31.2 Å². The van der Waals surface area contributed by atoms with E-state index < -0.39 is 10.2 Å². The van der Waals surface area contributed by atoms with Crippen LogP contribution in [0.5, 0.6) is 0 Å². The Morgan fingerprint density at radius 3 is 2.46 bits per heavy atom. The quantitative estimate of drug-likeness (QED) is 0.877. The molecule has 2 heterocycles. The van der Waals surface area contributed by atoms with Crippen LogP contribution in [0.3, 0.4) is 0 Å². The summed E-state index contributed by atoms with van der Waals surface area (Å²) in [6, 6.07) is 7.84. The molecule has 2 aliphatic heterocycles. The van der Waals surface area contributed by atoms with Crippen molar-refractivity contribution in [2.24, 2.45) is 5.92 Å². The number of carbonyl (C=O) groups is 1. The molecular weight excluding hydrogens is 326 g/mol. The molecule has 0 bridgehead atoms. The van der Waals surface area contributed by atoms with Gasteiger partial charge in [-0.25, -0.2) is 4.72 Å². The molecule has 24 heavy (non-hydrogen) atoms. The van der Waals surface area contributed by atoms with Crippen LogP contribution < -0.4 is 9.62 Å². The maximum absolute atomic E-state index is 12.3. The van der Waals surface area contributed by atoms with Crippen molar-refractivity contribution in [3.05, 3.63) is 29.8 Å². The number of nitrogens with zero attached hydrogens (tertiary/aromatic N) is 2. The van der Waals surface area contributed by atoms with Crippen molar-refractivity contribution < 1.29 is 13.2 Å². The van der Waals surface area contributed by atoms with Crippen LogP contribution in [0.2, 0.25) is 0 Å². The van der Waals surface area contributed by atoms with Gasteiger partial charge in [0, 0.05) is 38.3 Å². The van der Waals surface area contributed by atoms with Gasteiger partial charge in [0.1, 0.15) is 0 Å². The smallest absolute Gasteiger partial charge is 0.279 e. The summed E-state index contributed by atoms with van der Waals surface area (Å²) in [6.45, 7) is 4.06. The number of hydrogen-bond donors (Lipinski definition) is 1. The highest BCUT2D eigenvalue weighted by Crippen LogP contribution is 2.25. The predicted octanol–water partition coefficient (Wildman–Crippen LogP) is 1.67. The molecule has 0 spiro atoms. The van der Waals surface area contributed by atoms with Crippen molar-refractivity contribution in [2.45, 2.75) is 32.6 Å². The largest absolute Gasteiger partial charge is 0.312 e. The third kappa shape index (κ3) is 3.96. The lowest BCUT2D eigenvalue weighted by molar-refractivity contribution is -0.117. The van der Waals surface area contributed by atoms with E-state index in [0.717, 1.165) is 30.5 Å². The highest BCUT2D eigenvalue weighted by molar-refractivity contribution is 7.87. The number of aryl methyl sites for hydroxylation is 1. The number of anilines is 1. The van der Waals surface area contributed by atoms with Crippen molar-refractivity contribution >= 4 is 21.8 Å². The van der Waals surface area contributed by atoms with E-state index in [0.29, 0.717) is 32.6 Å². The minimum atomic E-state index is -3.42. The van der Waals surface area contributed by atoms with Crippen LogP contribution in [0.15, 0.2) is 24.3 Å². The Hall–Kier alpha value is -1.44. The van der Waals surface area contributed by atoms with Crippen molar-refractivity contribution in [3.63, 3.8) is 0 Å². The Labute approximate surface area is 144 Å². The Balaban J connectivity index is 1.57. The lowest BCUT2D eigenvalue weighted by atomic mass is 10.1. The molecule has 2 fully saturated rings. The minimum Gasteiger partial charge on any atom is -0.312 e. The molecule has 6 nitrogen and oxygen atoms in total. The maximum atomic E-state index is 12.3. The van der Waals surface area contributed by atoms with Gasteiger partial charge in [-0.2, -0.15) is 12.7 Å². The molecule has 1 N–H and O–H groups in total. The summed E-state index contributed by atoms with van der Waals surface area (Å²) in [5.74, 6) is 0.0689. The van der Waals surface area contributed by atoms with E-state index in [-0.39, 0.29) is 11.8 Å². The number of nitrogens with one attached hydrogen (secondary N) is 1. The van der Waals surface area contributed by atoms with Gasteiger partial charge in [-0.15, -0.1) is 0 Å². The van der Waals surface area contributed by atoms with Crippen LogP contribution >= 0.6 is 0 Å². The summed E-state index contributed by atoms with van der Waals surface area (Å²) in [6.07, 6.45) is 3.32. The van der Waals surface area contributed by atoms with Crippen LogP contribution in [-0.4, -0.2) is 44.8 Å². The van der Waals surface area contributed by atoms with Crippen LogP contribution in [0.1, 0.15) is 31.2 Å². The van der Waals surface area contributed by atoms with E-state index in [9.17, 15) is 13.2 Å². The standard InChI is InChI=1S/C17H25N3O3S/c1-14-5-7-16(8-6-14)20-13-15(11-17(20)21)12-18-24(22,23)19-9-3-2-4-10-19/h5-8,15,18H,2-4,9-13H2,1H3. The van der Waals surface area contributed by atoms with Crippen LogP contribution in [0.4, 0.5) is 5.69 Å². The third-order valence-electron chi connectivity index (χ3n) is 4.76. The first-order valence-electron chi connectivity index (χ1n) is 8.57. The number of rotatable bonds is 5. The van der Waals surface area contributed by atoms with Crippen molar-refractivity contribution in [1.82, 2.24) is 9.03 Å². The van der Waals surface area contributed by atoms with Gasteiger partial charge in [-0.3, -0.25) is 4.79 Å². The predicted molar refractivity (Wildman–Crippen MR) is 94.0 cm³/mol. The lowest BCUT2D eigenvalue weighted by Crippen LogP contribution is -2.45. The fourth-order valence-electron chi connectivity index (χ4n) is 3.31. The molecule has 1 amide bonds. The highest BCUT2D eigenvalue weighted by Gasteiger charge is 2.32. The van der Waals surface area contributed by atoms with E-state index in [1.54, 1.807) is 4.90 Å². The molecule has 3 rings (SSSR count). The summed E-state index contributed by atoms with van der Waals surface area (Å²) in [5.41, 5.74) is 2.03. The second kappa shape index (κ2) is 7.21. The first kappa shape index (κ1) is 17.4. The van der Waals surface area contributed by atoms with E-state index in [1.165, 1.54) is 4.31 Å². The zero-order valence-corrected chi connectivity index (χ0v) is 14.9. The van der Waals surface area contributed by atoms with Crippen molar-refractivity contribution in [1.29, 1.82) is 0 Å². The number of amides is 1. The molecule has 1 aromatic carbocycles. The third-order valence-corrected chi connectivity index (χ3v) is 6.34. The molecule has 2 saturated heterocycles. The summed E-state index contributed by atoms with van der Waals surface area (Å²) in [7, 11) is -3.42. The summed E-state index contributed by atoms with van der Waals surface area (Å²) >= 11 is 0. The summed E-state index contributed by atoms with van der Waals surface area (Å²) in [5, 5.41) is 0. The van der Waals surface area contributed by atoms with E-state index in [2.05, 4.69) is 4.72 Å². The van der Waals surface area contributed by atoms with Crippen LogP contribution in [0.25, 0.3) is 0 Å². The van der Waals surface area contributed by atoms with Gasteiger partial charge in [-0.1, -0.05) is 24.1 Å². The van der Waals surface area contributed by atoms with Gasteiger partial charge in [0.25, 0.3) is 10.2 Å². The zero-order chi connectivity index (χ0) is 17.2. The van der Waals surface area contributed by atoms with E-state index in [4.69, 9.17) is 0 Å². The fourth-order valence-corrected chi connectivity index (χ4v) is 4.68. The molecule has 0 aromatic heterocycles. The first-order valence-corrected chi connectivity index (χ1v) is 10.0.